The van der Waals surface area contributed by atoms with Crippen molar-refractivity contribution < 1.29 is 5.76 Å². The molecule has 0 aromatic rings. The summed E-state index contributed by atoms with van der Waals surface area (Å²) in [5.74, 6) is 0. The first-order chi connectivity index (χ1) is 2.56. The van der Waals surface area contributed by atoms with Crippen LogP contribution in [-0.4, -0.2) is 12.7 Å². The van der Waals surface area contributed by atoms with E-state index in [-0.39, 0.29) is 12.4 Å². The third kappa shape index (κ3) is 8.89. The van der Waals surface area contributed by atoms with Gasteiger partial charge in [0.05, 0.1) is 0 Å². The molecule has 0 aromatic heterocycles. The molecule has 1 atom stereocenters. The van der Waals surface area contributed by atoms with Crippen molar-refractivity contribution in [1.82, 2.24) is 0 Å². The molecule has 2 N–H and O–H groups in total. The lowest BCUT2D eigenvalue weighted by molar-refractivity contribution is 0.445. The number of halogens is 2. The molecule has 6 heavy (non-hydrogen) atoms. The smallest absolute Gasteiger partial charge is 0.104 e. The maximum atomic E-state index is 11.2. The fourth-order valence-corrected chi connectivity index (χ4v) is 0. The molecule has 0 heterocycles. The standard InChI is InChI=1S/C3H8FN.ClH/c1-3(5)2-4;/h3H,2,5H2,1H3;1H/i3D;. The third-order valence-corrected chi connectivity index (χ3v) is 0.211. The second-order valence-corrected chi connectivity index (χ2v) is 0.980. The summed E-state index contributed by atoms with van der Waals surface area (Å²) in [5, 5.41) is 0. The van der Waals surface area contributed by atoms with Crippen LogP contribution < -0.4 is 5.73 Å². The van der Waals surface area contributed by atoms with Crippen molar-refractivity contribution in [1.29, 1.82) is 0 Å². The minimum Gasteiger partial charge on any atom is -0.326 e. The lowest BCUT2D eigenvalue weighted by atomic mass is 10.4. The molecule has 0 saturated carbocycles. The van der Waals surface area contributed by atoms with Crippen LogP contribution in [0.1, 0.15) is 8.29 Å². The Morgan fingerprint density at radius 2 is 2.33 bits per heavy atom. The summed E-state index contributed by atoms with van der Waals surface area (Å²) in [5.41, 5.74) is 4.83. The van der Waals surface area contributed by atoms with E-state index in [1.54, 1.807) is 0 Å². The van der Waals surface area contributed by atoms with Crippen molar-refractivity contribution in [3.8, 4) is 0 Å². The second kappa shape index (κ2) is 5.18. The molecule has 0 fully saturated rings. The zero-order valence-electron chi connectivity index (χ0n) is 4.57. The van der Waals surface area contributed by atoms with E-state index in [9.17, 15) is 4.39 Å². The predicted molar refractivity (Wildman–Crippen MR) is 26.9 cm³/mol. The van der Waals surface area contributed by atoms with Crippen molar-refractivity contribution >= 4 is 12.4 Å². The summed E-state index contributed by atoms with van der Waals surface area (Å²) in [7, 11) is 0. The van der Waals surface area contributed by atoms with Gasteiger partial charge in [-0.1, -0.05) is 0 Å². The van der Waals surface area contributed by atoms with Crippen LogP contribution in [0.4, 0.5) is 4.39 Å². The van der Waals surface area contributed by atoms with Crippen molar-refractivity contribution in [3.05, 3.63) is 0 Å². The van der Waals surface area contributed by atoms with Crippen molar-refractivity contribution in [2.45, 2.75) is 12.9 Å². The van der Waals surface area contributed by atoms with Crippen LogP contribution in [0, 0.1) is 0 Å². The van der Waals surface area contributed by atoms with Crippen molar-refractivity contribution in [3.63, 3.8) is 0 Å². The molecule has 0 aliphatic heterocycles. The molecule has 0 bridgehead atoms. The van der Waals surface area contributed by atoms with Gasteiger partial charge >= 0.3 is 0 Å². The first kappa shape index (κ1) is 6.18. The highest BCUT2D eigenvalue weighted by Crippen LogP contribution is 1.70. The van der Waals surface area contributed by atoms with E-state index >= 15 is 0 Å². The third-order valence-electron chi connectivity index (χ3n) is 0.211. The summed E-state index contributed by atoms with van der Waals surface area (Å²) >= 11 is 0. The van der Waals surface area contributed by atoms with E-state index in [0.29, 0.717) is 0 Å². The minimum absolute atomic E-state index is 0. The van der Waals surface area contributed by atoms with Gasteiger partial charge < -0.3 is 5.73 Å². The van der Waals surface area contributed by atoms with Crippen molar-refractivity contribution in [2.24, 2.45) is 5.73 Å². The Bertz CT molecular complexity index is 44.7. The van der Waals surface area contributed by atoms with Gasteiger partial charge in [-0.2, -0.15) is 0 Å². The Morgan fingerprint density at radius 3 is 2.33 bits per heavy atom. The summed E-state index contributed by atoms with van der Waals surface area (Å²) in [6, 6.07) is -1.38. The molecular formula is C3H9ClFN. The molecular weight excluding hydrogens is 104 g/mol. The van der Waals surface area contributed by atoms with Gasteiger partial charge in [0.15, 0.2) is 0 Å². The van der Waals surface area contributed by atoms with Crippen LogP contribution in [0.2, 0.25) is 0 Å². The first-order valence-corrected chi connectivity index (χ1v) is 1.41. The highest BCUT2D eigenvalue weighted by atomic mass is 35.5. The normalized spacial score (nSPS) is 20.2. The fourth-order valence-electron chi connectivity index (χ4n) is 0. The molecule has 3 heteroatoms. The molecule has 40 valence electrons. The van der Waals surface area contributed by atoms with Crippen LogP contribution in [-0.2, 0) is 0 Å². The topological polar surface area (TPSA) is 26.0 Å². The van der Waals surface area contributed by atoms with E-state index in [0.717, 1.165) is 0 Å². The molecule has 0 aliphatic rings. The SMILES string of the molecule is Cl.[2H]C(C)(N)CF. The monoisotopic (exact) mass is 114 g/mol. The van der Waals surface area contributed by atoms with Crippen LogP contribution >= 0.6 is 12.4 Å². The first-order valence-electron chi connectivity index (χ1n) is 1.91. The van der Waals surface area contributed by atoms with Crippen LogP contribution in [0.15, 0.2) is 0 Å². The molecule has 0 rings (SSSR count). The second-order valence-electron chi connectivity index (χ2n) is 0.980. The highest BCUT2D eigenvalue weighted by molar-refractivity contribution is 5.85. The van der Waals surface area contributed by atoms with E-state index < -0.39 is 12.7 Å². The maximum Gasteiger partial charge on any atom is 0.104 e. The summed E-state index contributed by atoms with van der Waals surface area (Å²) in [6.45, 7) is 0.528. The van der Waals surface area contributed by atoms with Gasteiger partial charge in [-0.25, -0.2) is 4.39 Å². The minimum atomic E-state index is -1.38. The average Bonchev–Trinajstić information content (AvgIpc) is 1.35. The number of hydrogen-bond acceptors (Lipinski definition) is 1. The van der Waals surface area contributed by atoms with Gasteiger partial charge in [0.1, 0.15) is 6.67 Å². The number of alkyl halides is 1. The summed E-state index contributed by atoms with van der Waals surface area (Å²) in [4.78, 5) is 0. The number of nitrogens with two attached hydrogens (primary N) is 1. The van der Waals surface area contributed by atoms with Gasteiger partial charge in [-0.05, 0) is 6.92 Å². The Labute approximate surface area is 44.5 Å². The lowest BCUT2D eigenvalue weighted by Crippen LogP contribution is -2.16. The molecule has 0 aliphatic carbocycles. The quantitative estimate of drug-likeness (QED) is 0.534. The average molecular weight is 115 g/mol. The largest absolute Gasteiger partial charge is 0.326 e. The van der Waals surface area contributed by atoms with Crippen LogP contribution in [0.5, 0.6) is 0 Å². The lowest BCUT2D eigenvalue weighted by Gasteiger charge is -1.88. The zero-order chi connectivity index (χ0) is 5.21. The molecule has 0 saturated heterocycles. The zero-order valence-corrected chi connectivity index (χ0v) is 4.39. The van der Waals surface area contributed by atoms with Gasteiger partial charge in [-0.3, -0.25) is 0 Å². The van der Waals surface area contributed by atoms with Crippen molar-refractivity contribution in [2.75, 3.05) is 6.67 Å². The molecule has 0 radical (unpaired) electrons. The molecule has 1 unspecified atom stereocenters. The Hall–Kier alpha value is 0.180. The van der Waals surface area contributed by atoms with Crippen LogP contribution in [0.3, 0.4) is 0 Å². The van der Waals surface area contributed by atoms with Gasteiger partial charge in [0, 0.05) is 7.39 Å². The highest BCUT2D eigenvalue weighted by Gasteiger charge is 1.83. The fraction of sp³-hybridized carbons (Fsp3) is 1.00. The van der Waals surface area contributed by atoms with E-state index in [1.807, 2.05) is 0 Å². The molecule has 1 nitrogen and oxygen atoms in total. The van der Waals surface area contributed by atoms with E-state index in [2.05, 4.69) is 0 Å². The van der Waals surface area contributed by atoms with Gasteiger partial charge in [-0.15, -0.1) is 12.4 Å². The number of rotatable bonds is 1. The van der Waals surface area contributed by atoms with Gasteiger partial charge in [0.2, 0.25) is 0 Å². The molecule has 0 spiro atoms. The Kier molecular flexibility index (Phi) is 5.34. The van der Waals surface area contributed by atoms with Gasteiger partial charge in [0.25, 0.3) is 0 Å². The Balaban J connectivity index is 0. The van der Waals surface area contributed by atoms with E-state index in [4.69, 9.17) is 7.10 Å². The van der Waals surface area contributed by atoms with E-state index in [1.165, 1.54) is 6.92 Å². The maximum absolute atomic E-state index is 11.2. The summed E-state index contributed by atoms with van der Waals surface area (Å²) < 4.78 is 17.8. The molecule has 0 aromatic carbocycles. The Morgan fingerprint density at radius 1 is 2.17 bits per heavy atom. The number of hydrogen-bond donors (Lipinski definition) is 1. The van der Waals surface area contributed by atoms with Crippen LogP contribution in [0.25, 0.3) is 0 Å². The summed E-state index contributed by atoms with van der Waals surface area (Å²) in [6.07, 6.45) is 0. The molecule has 0 amide bonds. The predicted octanol–water partition coefficient (Wildman–Crippen LogP) is 0.725.